The SMILES string of the molecule is CCc1cccc(C)c1Nc1cc(C)nc(Nc2cc(OC)ccc2OC)n1. The summed E-state index contributed by atoms with van der Waals surface area (Å²) in [6, 6.07) is 13.8. The number of hydrogen-bond acceptors (Lipinski definition) is 6. The first-order valence-electron chi connectivity index (χ1n) is 9.24. The maximum absolute atomic E-state index is 5.43. The molecule has 0 spiro atoms. The van der Waals surface area contributed by atoms with E-state index >= 15 is 0 Å². The van der Waals surface area contributed by atoms with Crippen molar-refractivity contribution in [2.24, 2.45) is 0 Å². The Morgan fingerprint density at radius 2 is 1.75 bits per heavy atom. The lowest BCUT2D eigenvalue weighted by Gasteiger charge is -2.15. The molecule has 146 valence electrons. The fourth-order valence-corrected chi connectivity index (χ4v) is 3.05. The number of para-hydroxylation sites is 1. The fraction of sp³-hybridized carbons (Fsp3) is 0.273. The highest BCUT2D eigenvalue weighted by Crippen LogP contribution is 2.31. The van der Waals surface area contributed by atoms with Crippen molar-refractivity contribution in [3.05, 3.63) is 59.3 Å². The Kier molecular flexibility index (Phi) is 5.99. The Bertz CT molecular complexity index is 973. The van der Waals surface area contributed by atoms with Crippen molar-refractivity contribution in [1.29, 1.82) is 0 Å². The van der Waals surface area contributed by atoms with Crippen molar-refractivity contribution in [1.82, 2.24) is 9.97 Å². The molecule has 28 heavy (non-hydrogen) atoms. The third kappa shape index (κ3) is 4.34. The molecule has 0 unspecified atom stereocenters. The minimum Gasteiger partial charge on any atom is -0.497 e. The zero-order valence-electron chi connectivity index (χ0n) is 17.0. The van der Waals surface area contributed by atoms with Gasteiger partial charge in [-0.2, -0.15) is 4.98 Å². The van der Waals surface area contributed by atoms with Crippen LogP contribution in [0.4, 0.5) is 23.1 Å². The summed E-state index contributed by atoms with van der Waals surface area (Å²) in [4.78, 5) is 9.15. The van der Waals surface area contributed by atoms with Crippen LogP contribution in [-0.4, -0.2) is 24.2 Å². The summed E-state index contributed by atoms with van der Waals surface area (Å²) < 4.78 is 10.7. The molecule has 3 rings (SSSR count). The summed E-state index contributed by atoms with van der Waals surface area (Å²) in [5.74, 6) is 2.64. The summed E-state index contributed by atoms with van der Waals surface area (Å²) in [7, 11) is 3.26. The summed E-state index contributed by atoms with van der Waals surface area (Å²) in [5, 5.41) is 6.70. The van der Waals surface area contributed by atoms with Crippen molar-refractivity contribution >= 4 is 23.1 Å². The first kappa shape index (κ1) is 19.5. The minimum absolute atomic E-state index is 0.487. The first-order chi connectivity index (χ1) is 13.5. The Morgan fingerprint density at radius 1 is 0.929 bits per heavy atom. The van der Waals surface area contributed by atoms with Crippen molar-refractivity contribution < 1.29 is 9.47 Å². The molecule has 3 aromatic rings. The lowest BCUT2D eigenvalue weighted by molar-refractivity contribution is 0.405. The molecule has 2 N–H and O–H groups in total. The van der Waals surface area contributed by atoms with Crippen LogP contribution in [0.15, 0.2) is 42.5 Å². The van der Waals surface area contributed by atoms with E-state index < -0.39 is 0 Å². The van der Waals surface area contributed by atoms with Gasteiger partial charge in [0.05, 0.1) is 19.9 Å². The number of aryl methyl sites for hydroxylation is 3. The topological polar surface area (TPSA) is 68.3 Å². The molecule has 0 saturated carbocycles. The molecule has 0 radical (unpaired) electrons. The van der Waals surface area contributed by atoms with Crippen LogP contribution in [0.2, 0.25) is 0 Å². The number of ether oxygens (including phenoxy) is 2. The van der Waals surface area contributed by atoms with E-state index in [0.29, 0.717) is 11.7 Å². The lowest BCUT2D eigenvalue weighted by atomic mass is 10.1. The first-order valence-corrected chi connectivity index (χ1v) is 9.24. The number of rotatable bonds is 7. The molecule has 0 aliphatic carbocycles. The Balaban J connectivity index is 1.93. The number of nitrogens with one attached hydrogen (secondary N) is 2. The molecule has 0 fully saturated rings. The summed E-state index contributed by atoms with van der Waals surface area (Å²) >= 11 is 0. The molecule has 0 aliphatic heterocycles. The molecule has 1 aromatic heterocycles. The van der Waals surface area contributed by atoms with Crippen LogP contribution in [0.3, 0.4) is 0 Å². The highest BCUT2D eigenvalue weighted by atomic mass is 16.5. The maximum Gasteiger partial charge on any atom is 0.229 e. The molecule has 0 amide bonds. The van der Waals surface area contributed by atoms with Gasteiger partial charge in [-0.3, -0.25) is 0 Å². The van der Waals surface area contributed by atoms with Crippen LogP contribution in [-0.2, 0) is 6.42 Å². The normalized spacial score (nSPS) is 10.5. The molecular formula is C22H26N4O2. The van der Waals surface area contributed by atoms with Gasteiger partial charge in [0, 0.05) is 23.5 Å². The largest absolute Gasteiger partial charge is 0.497 e. The van der Waals surface area contributed by atoms with E-state index in [2.05, 4.69) is 52.6 Å². The molecule has 2 aromatic carbocycles. The van der Waals surface area contributed by atoms with Gasteiger partial charge in [-0.05, 0) is 43.5 Å². The average molecular weight is 378 g/mol. The number of nitrogens with zero attached hydrogens (tertiary/aromatic N) is 2. The molecule has 1 heterocycles. The van der Waals surface area contributed by atoms with E-state index in [1.807, 2.05) is 31.2 Å². The van der Waals surface area contributed by atoms with Gasteiger partial charge in [-0.25, -0.2) is 4.98 Å². The van der Waals surface area contributed by atoms with Gasteiger partial charge in [0.15, 0.2) is 0 Å². The highest BCUT2D eigenvalue weighted by Gasteiger charge is 2.10. The van der Waals surface area contributed by atoms with Gasteiger partial charge in [0.25, 0.3) is 0 Å². The fourth-order valence-electron chi connectivity index (χ4n) is 3.05. The number of hydrogen-bond donors (Lipinski definition) is 2. The lowest BCUT2D eigenvalue weighted by Crippen LogP contribution is -2.05. The molecular weight excluding hydrogens is 352 g/mol. The molecule has 0 bridgehead atoms. The van der Waals surface area contributed by atoms with E-state index in [0.717, 1.165) is 35.1 Å². The van der Waals surface area contributed by atoms with Gasteiger partial charge in [-0.1, -0.05) is 25.1 Å². The summed E-state index contributed by atoms with van der Waals surface area (Å²) in [5.41, 5.74) is 5.12. The smallest absolute Gasteiger partial charge is 0.229 e. The molecule has 0 aliphatic rings. The molecule has 0 atom stereocenters. The third-order valence-electron chi connectivity index (χ3n) is 4.50. The Hall–Kier alpha value is -3.28. The van der Waals surface area contributed by atoms with E-state index in [1.54, 1.807) is 14.2 Å². The van der Waals surface area contributed by atoms with Crippen molar-refractivity contribution in [3.8, 4) is 11.5 Å². The zero-order chi connectivity index (χ0) is 20.1. The minimum atomic E-state index is 0.487. The summed E-state index contributed by atoms with van der Waals surface area (Å²) in [6.07, 6.45) is 0.945. The number of benzene rings is 2. The van der Waals surface area contributed by atoms with Crippen LogP contribution in [0, 0.1) is 13.8 Å². The van der Waals surface area contributed by atoms with Gasteiger partial charge in [0.2, 0.25) is 5.95 Å². The summed E-state index contributed by atoms with van der Waals surface area (Å²) in [6.45, 7) is 6.18. The molecule has 0 saturated heterocycles. The second-order valence-corrected chi connectivity index (χ2v) is 6.50. The van der Waals surface area contributed by atoms with Crippen molar-refractivity contribution in [2.45, 2.75) is 27.2 Å². The standard InChI is InChI=1S/C22H26N4O2/c1-6-16-9-7-8-14(2)21(16)25-20-12-15(3)23-22(26-20)24-18-13-17(27-4)10-11-19(18)28-5/h7-13H,6H2,1-5H3,(H2,23,24,25,26). The van der Waals surface area contributed by atoms with E-state index in [9.17, 15) is 0 Å². The van der Waals surface area contributed by atoms with E-state index in [4.69, 9.17) is 9.47 Å². The third-order valence-corrected chi connectivity index (χ3v) is 4.50. The second-order valence-electron chi connectivity index (χ2n) is 6.50. The van der Waals surface area contributed by atoms with Crippen molar-refractivity contribution in [3.63, 3.8) is 0 Å². The Morgan fingerprint density at radius 3 is 2.46 bits per heavy atom. The van der Waals surface area contributed by atoms with Gasteiger partial charge in [-0.15, -0.1) is 0 Å². The van der Waals surface area contributed by atoms with Gasteiger partial charge < -0.3 is 20.1 Å². The second kappa shape index (κ2) is 8.61. The van der Waals surface area contributed by atoms with Crippen LogP contribution < -0.4 is 20.1 Å². The quantitative estimate of drug-likeness (QED) is 0.592. The zero-order valence-corrected chi connectivity index (χ0v) is 17.0. The predicted octanol–water partition coefficient (Wildman–Crippen LogP) is 5.16. The number of anilines is 4. The number of methoxy groups -OCH3 is 2. The number of aromatic nitrogens is 2. The molecule has 6 heteroatoms. The van der Waals surface area contributed by atoms with Gasteiger partial charge in [0.1, 0.15) is 17.3 Å². The average Bonchev–Trinajstić information content (AvgIpc) is 2.69. The van der Waals surface area contributed by atoms with Crippen molar-refractivity contribution in [2.75, 3.05) is 24.9 Å². The Labute approximate surface area is 166 Å². The maximum atomic E-state index is 5.43. The monoisotopic (exact) mass is 378 g/mol. The van der Waals surface area contributed by atoms with Crippen LogP contribution in [0.25, 0.3) is 0 Å². The van der Waals surface area contributed by atoms with Gasteiger partial charge >= 0.3 is 0 Å². The highest BCUT2D eigenvalue weighted by molar-refractivity contribution is 5.68. The molecule has 6 nitrogen and oxygen atoms in total. The van der Waals surface area contributed by atoms with E-state index in [-0.39, 0.29) is 0 Å². The van der Waals surface area contributed by atoms with Crippen LogP contribution >= 0.6 is 0 Å². The van der Waals surface area contributed by atoms with Crippen LogP contribution in [0.5, 0.6) is 11.5 Å². The predicted molar refractivity (Wildman–Crippen MR) is 113 cm³/mol. The van der Waals surface area contributed by atoms with E-state index in [1.165, 1.54) is 11.1 Å². The van der Waals surface area contributed by atoms with Crippen LogP contribution in [0.1, 0.15) is 23.7 Å².